The van der Waals surface area contributed by atoms with Gasteiger partial charge in [0, 0.05) is 31.9 Å². The Labute approximate surface area is 120 Å². The van der Waals surface area contributed by atoms with E-state index in [0.717, 1.165) is 23.4 Å². The number of halogens is 1. The zero-order chi connectivity index (χ0) is 14.5. The minimum Gasteiger partial charge on any atom is -0.378 e. The van der Waals surface area contributed by atoms with Crippen molar-refractivity contribution < 1.29 is 4.39 Å². The maximum Gasteiger partial charge on any atom is 0.127 e. The van der Waals surface area contributed by atoms with Crippen LogP contribution in [0.4, 0.5) is 10.1 Å². The quantitative estimate of drug-likeness (QED) is 0.893. The van der Waals surface area contributed by atoms with Crippen molar-refractivity contribution >= 4 is 5.69 Å². The van der Waals surface area contributed by atoms with Gasteiger partial charge >= 0.3 is 0 Å². The molecule has 1 N–H and O–H groups in total. The average Bonchev–Trinajstić information content (AvgIpc) is 2.46. The van der Waals surface area contributed by atoms with Crippen LogP contribution in [0.15, 0.2) is 42.5 Å². The van der Waals surface area contributed by atoms with Crippen molar-refractivity contribution in [1.29, 1.82) is 0 Å². The molecular formula is C17H21FN2. The Morgan fingerprint density at radius 3 is 2.25 bits per heavy atom. The van der Waals surface area contributed by atoms with Gasteiger partial charge in [-0.15, -0.1) is 0 Å². The zero-order valence-electron chi connectivity index (χ0n) is 12.3. The van der Waals surface area contributed by atoms with Crippen LogP contribution in [0, 0.1) is 5.82 Å². The topological polar surface area (TPSA) is 15.3 Å². The fraction of sp³-hybridized carbons (Fsp3) is 0.294. The smallest absolute Gasteiger partial charge is 0.127 e. The summed E-state index contributed by atoms with van der Waals surface area (Å²) in [6, 6.07) is 13.6. The van der Waals surface area contributed by atoms with Crippen molar-refractivity contribution in [3.05, 3.63) is 53.8 Å². The minimum absolute atomic E-state index is 0.153. The van der Waals surface area contributed by atoms with Crippen LogP contribution in [0.2, 0.25) is 0 Å². The summed E-state index contributed by atoms with van der Waals surface area (Å²) < 4.78 is 13.7. The van der Waals surface area contributed by atoms with Crippen molar-refractivity contribution in [2.45, 2.75) is 13.5 Å². The lowest BCUT2D eigenvalue weighted by molar-refractivity contribution is 0.593. The lowest BCUT2D eigenvalue weighted by atomic mass is 10.0. The Kier molecular flexibility index (Phi) is 4.74. The largest absolute Gasteiger partial charge is 0.378 e. The molecular weight excluding hydrogens is 251 g/mol. The molecule has 0 unspecified atom stereocenters. The number of benzene rings is 2. The summed E-state index contributed by atoms with van der Waals surface area (Å²) in [5.74, 6) is -0.153. The number of rotatable bonds is 5. The van der Waals surface area contributed by atoms with E-state index >= 15 is 0 Å². The van der Waals surface area contributed by atoms with E-state index in [0.29, 0.717) is 12.1 Å². The molecule has 0 amide bonds. The molecule has 2 aromatic rings. The first-order valence-electron chi connectivity index (χ1n) is 6.88. The lowest BCUT2D eigenvalue weighted by Crippen LogP contribution is -2.13. The summed E-state index contributed by atoms with van der Waals surface area (Å²) in [7, 11) is 4.03. The molecule has 3 heteroatoms. The highest BCUT2D eigenvalue weighted by molar-refractivity contribution is 5.67. The van der Waals surface area contributed by atoms with Gasteiger partial charge in [0.05, 0.1) is 0 Å². The van der Waals surface area contributed by atoms with Gasteiger partial charge in [0.15, 0.2) is 0 Å². The van der Waals surface area contributed by atoms with Crippen LogP contribution in [-0.2, 0) is 6.54 Å². The molecule has 0 heterocycles. The highest BCUT2D eigenvalue weighted by Gasteiger charge is 2.05. The molecule has 0 saturated heterocycles. The van der Waals surface area contributed by atoms with E-state index in [1.165, 1.54) is 0 Å². The third kappa shape index (κ3) is 3.36. The van der Waals surface area contributed by atoms with Crippen molar-refractivity contribution in [3.8, 4) is 11.1 Å². The van der Waals surface area contributed by atoms with Crippen LogP contribution >= 0.6 is 0 Å². The molecule has 20 heavy (non-hydrogen) atoms. The second-order valence-corrected chi connectivity index (χ2v) is 5.03. The molecule has 0 aromatic heterocycles. The molecule has 0 saturated carbocycles. The molecule has 2 aromatic carbocycles. The third-order valence-electron chi connectivity index (χ3n) is 3.33. The molecule has 0 bridgehead atoms. The Morgan fingerprint density at radius 2 is 1.65 bits per heavy atom. The number of hydrogen-bond donors (Lipinski definition) is 1. The second-order valence-electron chi connectivity index (χ2n) is 5.03. The number of hydrogen-bond acceptors (Lipinski definition) is 2. The first-order chi connectivity index (χ1) is 9.61. The van der Waals surface area contributed by atoms with Gasteiger partial charge in [-0.1, -0.05) is 25.1 Å². The summed E-state index contributed by atoms with van der Waals surface area (Å²) in [6.07, 6.45) is 0. The highest BCUT2D eigenvalue weighted by Crippen LogP contribution is 2.24. The van der Waals surface area contributed by atoms with Gasteiger partial charge in [-0.3, -0.25) is 0 Å². The number of nitrogens with one attached hydrogen (secondary N) is 1. The number of nitrogens with zero attached hydrogens (tertiary/aromatic N) is 1. The van der Waals surface area contributed by atoms with E-state index in [9.17, 15) is 4.39 Å². The van der Waals surface area contributed by atoms with Gasteiger partial charge in [0.25, 0.3) is 0 Å². The van der Waals surface area contributed by atoms with Gasteiger partial charge in [0.2, 0.25) is 0 Å². The molecule has 0 atom stereocenters. The van der Waals surface area contributed by atoms with Crippen molar-refractivity contribution in [3.63, 3.8) is 0 Å². The molecule has 0 spiro atoms. The van der Waals surface area contributed by atoms with Crippen molar-refractivity contribution in [2.24, 2.45) is 0 Å². The fourth-order valence-corrected chi connectivity index (χ4v) is 2.10. The normalized spacial score (nSPS) is 10.6. The number of anilines is 1. The first kappa shape index (κ1) is 14.5. The van der Waals surface area contributed by atoms with E-state index in [2.05, 4.69) is 34.5 Å². The third-order valence-corrected chi connectivity index (χ3v) is 3.33. The van der Waals surface area contributed by atoms with Crippen LogP contribution in [0.5, 0.6) is 0 Å². The first-order valence-corrected chi connectivity index (χ1v) is 6.88. The van der Waals surface area contributed by atoms with Crippen LogP contribution in [0.25, 0.3) is 11.1 Å². The van der Waals surface area contributed by atoms with Crippen LogP contribution in [-0.4, -0.2) is 20.6 Å². The molecule has 0 aliphatic heterocycles. The summed E-state index contributed by atoms with van der Waals surface area (Å²) in [4.78, 5) is 2.06. The summed E-state index contributed by atoms with van der Waals surface area (Å²) >= 11 is 0. The van der Waals surface area contributed by atoms with E-state index in [-0.39, 0.29) is 5.82 Å². The molecule has 106 valence electrons. The molecule has 0 aliphatic carbocycles. The summed E-state index contributed by atoms with van der Waals surface area (Å²) in [5, 5.41) is 3.16. The molecule has 0 aliphatic rings. The fourth-order valence-electron chi connectivity index (χ4n) is 2.10. The predicted octanol–water partition coefficient (Wildman–Crippen LogP) is 3.67. The van der Waals surface area contributed by atoms with Crippen LogP contribution in [0.1, 0.15) is 12.5 Å². The van der Waals surface area contributed by atoms with Gasteiger partial charge < -0.3 is 10.2 Å². The maximum atomic E-state index is 13.7. The highest BCUT2D eigenvalue weighted by atomic mass is 19.1. The summed E-state index contributed by atoms with van der Waals surface area (Å²) in [6.45, 7) is 3.41. The van der Waals surface area contributed by atoms with Gasteiger partial charge in [-0.25, -0.2) is 4.39 Å². The van der Waals surface area contributed by atoms with Crippen LogP contribution in [0.3, 0.4) is 0 Å². The molecule has 0 fully saturated rings. The Hall–Kier alpha value is -1.87. The van der Waals surface area contributed by atoms with Crippen molar-refractivity contribution in [1.82, 2.24) is 5.32 Å². The van der Waals surface area contributed by atoms with E-state index in [4.69, 9.17) is 0 Å². The average molecular weight is 272 g/mol. The molecule has 2 nitrogen and oxygen atoms in total. The van der Waals surface area contributed by atoms with Gasteiger partial charge in [-0.2, -0.15) is 0 Å². The monoisotopic (exact) mass is 272 g/mol. The lowest BCUT2D eigenvalue weighted by Gasteiger charge is -2.13. The maximum absolute atomic E-state index is 13.7. The second kappa shape index (κ2) is 6.53. The van der Waals surface area contributed by atoms with E-state index in [1.54, 1.807) is 6.07 Å². The standard InChI is InChI=1S/C17H21FN2/c1-4-19-12-15-11-14(7-10-17(15)18)13-5-8-16(9-6-13)20(2)3/h5-11,19H,4,12H2,1-3H3. The Bertz CT molecular complexity index is 562. The Balaban J connectivity index is 2.27. The van der Waals surface area contributed by atoms with Gasteiger partial charge in [-0.05, 0) is 41.9 Å². The van der Waals surface area contributed by atoms with Crippen LogP contribution < -0.4 is 10.2 Å². The van der Waals surface area contributed by atoms with Gasteiger partial charge in [0.1, 0.15) is 5.82 Å². The molecule has 2 rings (SSSR count). The zero-order valence-corrected chi connectivity index (χ0v) is 12.3. The molecule has 0 radical (unpaired) electrons. The summed E-state index contributed by atoms with van der Waals surface area (Å²) in [5.41, 5.74) is 4.02. The van der Waals surface area contributed by atoms with Crippen molar-refractivity contribution in [2.75, 3.05) is 25.5 Å². The minimum atomic E-state index is -0.153. The van der Waals surface area contributed by atoms with E-state index < -0.39 is 0 Å². The Morgan fingerprint density at radius 1 is 1.00 bits per heavy atom. The predicted molar refractivity (Wildman–Crippen MR) is 83.5 cm³/mol. The SMILES string of the molecule is CCNCc1cc(-c2ccc(N(C)C)cc2)ccc1F. The van der Waals surface area contributed by atoms with E-state index in [1.807, 2.05) is 33.2 Å².